The van der Waals surface area contributed by atoms with Gasteiger partial charge in [-0.2, -0.15) is 0 Å². The first-order chi connectivity index (χ1) is 25.9. The lowest BCUT2D eigenvalue weighted by atomic mass is 9.86. The summed E-state index contributed by atoms with van der Waals surface area (Å²) in [5.74, 6) is -1.76. The molecule has 54 heavy (non-hydrogen) atoms. The zero-order valence-electron chi connectivity index (χ0n) is 29.7. The molecule has 4 aromatic carbocycles. The van der Waals surface area contributed by atoms with Gasteiger partial charge >= 0.3 is 0 Å². The number of methoxy groups -OCH3 is 4. The first-order valence-corrected chi connectivity index (χ1v) is 16.4. The maximum absolute atomic E-state index is 14.0. The van der Waals surface area contributed by atoms with Crippen molar-refractivity contribution in [1.29, 1.82) is 0 Å². The third kappa shape index (κ3) is 8.86. The fourth-order valence-electron chi connectivity index (χ4n) is 5.71. The first-order valence-electron chi connectivity index (χ1n) is 16.4. The topological polar surface area (TPSA) is 181 Å². The van der Waals surface area contributed by atoms with E-state index in [4.69, 9.17) is 23.7 Å². The number of aliphatic hydroxyl groups is 2. The van der Waals surface area contributed by atoms with Crippen molar-refractivity contribution >= 4 is 29.8 Å². The zero-order chi connectivity index (χ0) is 38.9. The molecule has 278 valence electrons. The summed E-state index contributed by atoms with van der Waals surface area (Å²) in [6.45, 7) is 0. The van der Waals surface area contributed by atoms with Crippen LogP contribution in [0.3, 0.4) is 0 Å². The van der Waals surface area contributed by atoms with Crippen molar-refractivity contribution in [3.05, 3.63) is 136 Å². The molecule has 0 saturated carbocycles. The average molecular weight is 735 g/mol. The quantitative estimate of drug-likeness (QED) is 0.0489. The van der Waals surface area contributed by atoms with Gasteiger partial charge in [-0.1, -0.05) is 36.4 Å². The van der Waals surface area contributed by atoms with Gasteiger partial charge in [0.15, 0.2) is 57.6 Å². The summed E-state index contributed by atoms with van der Waals surface area (Å²) in [5.41, 5.74) is 2.59. The lowest BCUT2D eigenvalue weighted by Crippen LogP contribution is -2.18. The molecule has 0 aliphatic carbocycles. The molecule has 1 heterocycles. The number of fused-ring (bicyclic) bond motifs is 1. The molecule has 0 amide bonds. The van der Waals surface area contributed by atoms with Crippen LogP contribution in [0.1, 0.15) is 39.8 Å². The molecule has 0 aromatic heterocycles. The van der Waals surface area contributed by atoms with Crippen LogP contribution < -0.4 is 23.7 Å². The number of hydrogen-bond acceptors (Lipinski definition) is 12. The highest BCUT2D eigenvalue weighted by molar-refractivity contribution is 6.02. The van der Waals surface area contributed by atoms with Crippen LogP contribution in [0.25, 0.3) is 18.2 Å². The predicted octanol–water partition coefficient (Wildman–Crippen LogP) is 7.52. The molecule has 0 unspecified atom stereocenters. The number of ether oxygens (including phenoxy) is 5. The van der Waals surface area contributed by atoms with Crippen LogP contribution in [0.2, 0.25) is 0 Å². The van der Waals surface area contributed by atoms with Gasteiger partial charge in [0, 0.05) is 17.7 Å². The number of carbonyl (C=O) groups is 2. The highest BCUT2D eigenvalue weighted by atomic mass is 16.5. The number of aliphatic hydroxyl groups excluding tert-OH is 2. The Hall–Kier alpha value is -7.08. The van der Waals surface area contributed by atoms with E-state index in [0.29, 0.717) is 27.8 Å². The SMILES string of the molecule is COc1cc(C=CC(=O)C=C(O)C=Cc2cc(OC)c3c(c2)[C@@H](C(=O)C=C(O)C=Cc2ccc(O)c(OC)c2)[C@H](c2ccc(O)c(OC)c2)O3)ccc1O. The van der Waals surface area contributed by atoms with Gasteiger partial charge in [-0.25, -0.2) is 0 Å². The summed E-state index contributed by atoms with van der Waals surface area (Å²) >= 11 is 0. The van der Waals surface area contributed by atoms with Crippen LogP contribution in [0.15, 0.2) is 109 Å². The molecule has 12 nitrogen and oxygen atoms in total. The van der Waals surface area contributed by atoms with Crippen LogP contribution in [-0.4, -0.2) is 65.5 Å². The number of aromatic hydroxyl groups is 3. The molecule has 0 radical (unpaired) electrons. The van der Waals surface area contributed by atoms with E-state index >= 15 is 0 Å². The fourth-order valence-corrected chi connectivity index (χ4v) is 5.71. The fraction of sp³-hybridized carbons (Fsp3) is 0.143. The molecule has 2 atom stereocenters. The molecule has 4 aromatic rings. The number of phenols is 3. The molecule has 5 N–H and O–H groups in total. The second-order valence-corrected chi connectivity index (χ2v) is 11.9. The molecular weight excluding hydrogens is 696 g/mol. The summed E-state index contributed by atoms with van der Waals surface area (Å²) in [4.78, 5) is 26.6. The Balaban J connectivity index is 1.46. The van der Waals surface area contributed by atoms with Gasteiger partial charge in [-0.3, -0.25) is 9.59 Å². The van der Waals surface area contributed by atoms with Crippen LogP contribution in [0, 0.1) is 0 Å². The van der Waals surface area contributed by atoms with Crippen molar-refractivity contribution in [2.45, 2.75) is 12.0 Å². The van der Waals surface area contributed by atoms with E-state index in [2.05, 4.69) is 0 Å². The third-order valence-electron chi connectivity index (χ3n) is 8.37. The van der Waals surface area contributed by atoms with Gasteiger partial charge < -0.3 is 49.2 Å². The van der Waals surface area contributed by atoms with Crippen LogP contribution >= 0.6 is 0 Å². The number of carbonyl (C=O) groups excluding carboxylic acids is 2. The van der Waals surface area contributed by atoms with Gasteiger partial charge in [0.2, 0.25) is 0 Å². The molecule has 0 spiro atoms. The Labute approximate surface area is 311 Å². The lowest BCUT2D eigenvalue weighted by Gasteiger charge is -2.18. The van der Waals surface area contributed by atoms with Gasteiger partial charge in [0.25, 0.3) is 0 Å². The number of allylic oxidation sites excluding steroid dienone is 5. The van der Waals surface area contributed by atoms with E-state index in [1.165, 1.54) is 77.0 Å². The maximum Gasteiger partial charge on any atom is 0.182 e. The molecule has 0 fully saturated rings. The predicted molar refractivity (Wildman–Crippen MR) is 202 cm³/mol. The Bertz CT molecular complexity index is 2210. The van der Waals surface area contributed by atoms with Gasteiger partial charge in [0.05, 0.1) is 34.4 Å². The molecule has 0 saturated heterocycles. The van der Waals surface area contributed by atoms with Crippen molar-refractivity contribution in [3.63, 3.8) is 0 Å². The highest BCUT2D eigenvalue weighted by Gasteiger charge is 2.42. The van der Waals surface area contributed by atoms with E-state index in [0.717, 1.165) is 12.2 Å². The number of rotatable bonds is 14. The van der Waals surface area contributed by atoms with Gasteiger partial charge in [0.1, 0.15) is 17.6 Å². The Kier molecular flexibility index (Phi) is 12.0. The Morgan fingerprint density at radius 2 is 1.07 bits per heavy atom. The third-order valence-corrected chi connectivity index (χ3v) is 8.37. The van der Waals surface area contributed by atoms with Gasteiger partial charge in [-0.15, -0.1) is 0 Å². The molecule has 12 heteroatoms. The first kappa shape index (κ1) is 38.2. The zero-order valence-corrected chi connectivity index (χ0v) is 29.7. The van der Waals surface area contributed by atoms with Crippen LogP contribution in [0.5, 0.6) is 46.0 Å². The summed E-state index contributed by atoms with van der Waals surface area (Å²) in [6, 6.07) is 17.1. The minimum atomic E-state index is -1.02. The number of phenolic OH excluding ortho intramolecular Hbond substituents is 3. The minimum Gasteiger partial charge on any atom is -0.508 e. The largest absolute Gasteiger partial charge is 0.508 e. The van der Waals surface area contributed by atoms with E-state index in [1.807, 2.05) is 0 Å². The number of hydrogen-bond donors (Lipinski definition) is 5. The molecule has 5 rings (SSSR count). The Morgan fingerprint density at radius 3 is 1.65 bits per heavy atom. The standard InChI is InChI=1S/C42H38O12/c1-50-36-18-24(8-14-32(36)46)5-11-28(43)22-29(44)13-7-26-17-31-40(35(49)23-30(45)12-6-25-9-15-33(47)37(19-25)51-2)41(54-42(31)39(20-26)53-4)27-10-16-34(48)38(21-27)52-3/h5-23,40-41,44-48H,1-4H3/t40-,41-/m0/s1. The van der Waals surface area contributed by atoms with Crippen molar-refractivity contribution in [1.82, 2.24) is 0 Å². The minimum absolute atomic E-state index is 0.0411. The molecule has 1 aliphatic heterocycles. The van der Waals surface area contributed by atoms with Crippen molar-refractivity contribution in [3.8, 4) is 46.0 Å². The number of benzene rings is 4. The smallest absolute Gasteiger partial charge is 0.182 e. The molecule has 0 bridgehead atoms. The van der Waals surface area contributed by atoms with Crippen LogP contribution in [-0.2, 0) is 9.59 Å². The highest BCUT2D eigenvalue weighted by Crippen LogP contribution is 2.52. The molecule has 1 aliphatic rings. The second-order valence-electron chi connectivity index (χ2n) is 11.9. The van der Waals surface area contributed by atoms with Crippen molar-refractivity contribution in [2.75, 3.05) is 28.4 Å². The van der Waals surface area contributed by atoms with Crippen molar-refractivity contribution < 1.29 is 58.8 Å². The van der Waals surface area contributed by atoms with E-state index in [9.17, 15) is 35.1 Å². The second kappa shape index (κ2) is 17.0. The average Bonchev–Trinajstić information content (AvgIpc) is 3.56. The monoisotopic (exact) mass is 734 g/mol. The van der Waals surface area contributed by atoms with Gasteiger partial charge in [-0.05, 0) is 89.0 Å². The normalized spacial score (nSPS) is 15.7. The lowest BCUT2D eigenvalue weighted by molar-refractivity contribution is -0.117. The summed E-state index contributed by atoms with van der Waals surface area (Å²) in [6.07, 6.45) is 9.61. The van der Waals surface area contributed by atoms with Crippen LogP contribution in [0.4, 0.5) is 0 Å². The summed E-state index contributed by atoms with van der Waals surface area (Å²) in [5, 5.41) is 51.3. The van der Waals surface area contributed by atoms with E-state index in [1.54, 1.807) is 54.6 Å². The Morgan fingerprint density at radius 1 is 0.593 bits per heavy atom. The molecular formula is C42H38O12. The maximum atomic E-state index is 14.0. The van der Waals surface area contributed by atoms with E-state index in [-0.39, 0.29) is 57.5 Å². The summed E-state index contributed by atoms with van der Waals surface area (Å²) < 4.78 is 27.5. The summed E-state index contributed by atoms with van der Waals surface area (Å²) in [7, 11) is 5.65. The van der Waals surface area contributed by atoms with E-state index < -0.39 is 23.6 Å². The van der Waals surface area contributed by atoms with Crippen molar-refractivity contribution in [2.24, 2.45) is 0 Å². The number of ketones is 2.